The lowest BCUT2D eigenvalue weighted by atomic mass is 10.0. The second-order valence-electron chi connectivity index (χ2n) is 7.51. The summed E-state index contributed by atoms with van der Waals surface area (Å²) >= 11 is 0. The Hall–Kier alpha value is -2.69. The Morgan fingerprint density at radius 2 is 1.93 bits per heavy atom. The Morgan fingerprint density at radius 3 is 2.75 bits per heavy atom. The first-order valence-corrected chi connectivity index (χ1v) is 10.1. The molecular formula is C23H28N2O3. The number of carbonyl (C=O) groups is 1. The summed E-state index contributed by atoms with van der Waals surface area (Å²) in [7, 11) is 3.34. The number of rotatable bonds is 5. The molecule has 1 atom stereocenters. The average Bonchev–Trinajstić information content (AvgIpc) is 3.23. The molecular weight excluding hydrogens is 352 g/mol. The van der Waals surface area contributed by atoms with Gasteiger partial charge < -0.3 is 19.3 Å². The molecule has 28 heavy (non-hydrogen) atoms. The van der Waals surface area contributed by atoms with Crippen molar-refractivity contribution in [2.24, 2.45) is 0 Å². The van der Waals surface area contributed by atoms with Crippen molar-refractivity contribution in [3.05, 3.63) is 53.6 Å². The molecule has 5 heteroatoms. The van der Waals surface area contributed by atoms with Gasteiger partial charge in [0.15, 0.2) is 0 Å². The van der Waals surface area contributed by atoms with Gasteiger partial charge in [-0.25, -0.2) is 0 Å². The van der Waals surface area contributed by atoms with Crippen molar-refractivity contribution in [2.75, 3.05) is 38.8 Å². The predicted octanol–water partition coefficient (Wildman–Crippen LogP) is 3.82. The third-order valence-corrected chi connectivity index (χ3v) is 5.90. The fraction of sp³-hybridized carbons (Fsp3) is 0.435. The highest BCUT2D eigenvalue weighted by Gasteiger charge is 2.33. The van der Waals surface area contributed by atoms with Crippen molar-refractivity contribution in [2.45, 2.75) is 31.7 Å². The van der Waals surface area contributed by atoms with Crippen LogP contribution in [0.25, 0.3) is 0 Å². The molecule has 0 spiro atoms. The number of benzene rings is 2. The molecule has 0 aromatic heterocycles. The van der Waals surface area contributed by atoms with Gasteiger partial charge in [-0.1, -0.05) is 18.2 Å². The Labute approximate surface area is 166 Å². The van der Waals surface area contributed by atoms with Gasteiger partial charge in [0.1, 0.15) is 11.5 Å². The molecule has 5 nitrogen and oxygen atoms in total. The number of hydrogen-bond acceptors (Lipinski definition) is 4. The minimum absolute atomic E-state index is 0.0394. The smallest absolute Gasteiger partial charge is 0.242 e. The van der Waals surface area contributed by atoms with Gasteiger partial charge in [-0.2, -0.15) is 0 Å². The SMILES string of the molecule is COc1ccc(OC)c([C@@H]2CCCN2C(=O)CN2CCCc3ccccc32)c1. The molecule has 0 radical (unpaired) electrons. The Kier molecular flexibility index (Phi) is 5.42. The molecule has 4 rings (SSSR count). The number of ether oxygens (including phenoxy) is 2. The van der Waals surface area contributed by atoms with Crippen LogP contribution in [0.2, 0.25) is 0 Å². The molecule has 1 saturated heterocycles. The second-order valence-corrected chi connectivity index (χ2v) is 7.51. The molecule has 2 aromatic carbocycles. The Balaban J connectivity index is 1.55. The highest BCUT2D eigenvalue weighted by Crippen LogP contribution is 2.39. The number of para-hydroxylation sites is 1. The lowest BCUT2D eigenvalue weighted by molar-refractivity contribution is -0.130. The van der Waals surface area contributed by atoms with Crippen LogP contribution in [0.5, 0.6) is 11.5 Å². The van der Waals surface area contributed by atoms with Crippen LogP contribution in [0.1, 0.15) is 36.4 Å². The van der Waals surface area contributed by atoms with E-state index in [1.54, 1.807) is 14.2 Å². The minimum atomic E-state index is 0.0394. The maximum Gasteiger partial charge on any atom is 0.242 e. The summed E-state index contributed by atoms with van der Waals surface area (Å²) in [6.07, 6.45) is 4.14. The van der Waals surface area contributed by atoms with E-state index in [0.29, 0.717) is 6.54 Å². The maximum atomic E-state index is 13.3. The Morgan fingerprint density at radius 1 is 1.07 bits per heavy atom. The van der Waals surface area contributed by atoms with Gasteiger partial charge in [-0.05, 0) is 55.5 Å². The average molecular weight is 380 g/mol. The van der Waals surface area contributed by atoms with Crippen molar-refractivity contribution in [1.82, 2.24) is 4.90 Å². The van der Waals surface area contributed by atoms with Crippen molar-refractivity contribution < 1.29 is 14.3 Å². The van der Waals surface area contributed by atoms with Crippen molar-refractivity contribution in [3.8, 4) is 11.5 Å². The Bertz CT molecular complexity index is 851. The molecule has 0 aliphatic carbocycles. The molecule has 2 aliphatic heterocycles. The highest BCUT2D eigenvalue weighted by molar-refractivity contribution is 5.83. The number of hydrogen-bond donors (Lipinski definition) is 0. The van der Waals surface area contributed by atoms with Crippen LogP contribution in [0.15, 0.2) is 42.5 Å². The summed E-state index contributed by atoms with van der Waals surface area (Å²) in [5.74, 6) is 1.79. The number of aryl methyl sites for hydroxylation is 1. The number of methoxy groups -OCH3 is 2. The van der Waals surface area contributed by atoms with Crippen LogP contribution in [-0.4, -0.2) is 44.7 Å². The lowest BCUT2D eigenvalue weighted by Crippen LogP contribution is -2.42. The quantitative estimate of drug-likeness (QED) is 0.791. The summed E-state index contributed by atoms with van der Waals surface area (Å²) in [6, 6.07) is 14.3. The summed E-state index contributed by atoms with van der Waals surface area (Å²) in [4.78, 5) is 17.5. The van der Waals surface area contributed by atoms with Crippen molar-refractivity contribution >= 4 is 11.6 Å². The largest absolute Gasteiger partial charge is 0.497 e. The van der Waals surface area contributed by atoms with Crippen LogP contribution < -0.4 is 14.4 Å². The molecule has 2 heterocycles. The van der Waals surface area contributed by atoms with Crippen LogP contribution in [-0.2, 0) is 11.2 Å². The molecule has 0 saturated carbocycles. The van der Waals surface area contributed by atoms with Gasteiger partial charge in [0.05, 0.1) is 26.8 Å². The molecule has 0 unspecified atom stereocenters. The first kappa shape index (κ1) is 18.7. The molecule has 2 aliphatic rings. The third kappa shape index (κ3) is 3.53. The lowest BCUT2D eigenvalue weighted by Gasteiger charge is -2.34. The van der Waals surface area contributed by atoms with Gasteiger partial charge in [-0.15, -0.1) is 0 Å². The highest BCUT2D eigenvalue weighted by atomic mass is 16.5. The molecule has 1 amide bonds. The molecule has 0 bridgehead atoms. The first-order chi connectivity index (χ1) is 13.7. The van der Waals surface area contributed by atoms with E-state index >= 15 is 0 Å². The topological polar surface area (TPSA) is 42.0 Å². The van der Waals surface area contributed by atoms with E-state index in [0.717, 1.165) is 55.8 Å². The molecule has 1 fully saturated rings. The maximum absolute atomic E-state index is 13.3. The number of anilines is 1. The van der Waals surface area contributed by atoms with Crippen LogP contribution in [0.3, 0.4) is 0 Å². The molecule has 2 aromatic rings. The minimum Gasteiger partial charge on any atom is -0.497 e. The van der Waals surface area contributed by atoms with E-state index in [1.807, 2.05) is 23.1 Å². The zero-order chi connectivity index (χ0) is 19.5. The van der Waals surface area contributed by atoms with Crippen LogP contribution >= 0.6 is 0 Å². The zero-order valence-electron chi connectivity index (χ0n) is 16.7. The van der Waals surface area contributed by atoms with Gasteiger partial charge in [0.25, 0.3) is 0 Å². The fourth-order valence-electron chi connectivity index (χ4n) is 4.52. The normalized spacial score (nSPS) is 18.7. The van der Waals surface area contributed by atoms with E-state index in [4.69, 9.17) is 9.47 Å². The van der Waals surface area contributed by atoms with Crippen LogP contribution in [0.4, 0.5) is 5.69 Å². The van der Waals surface area contributed by atoms with E-state index in [9.17, 15) is 4.79 Å². The number of fused-ring (bicyclic) bond motifs is 1. The van der Waals surface area contributed by atoms with E-state index < -0.39 is 0 Å². The second kappa shape index (κ2) is 8.13. The van der Waals surface area contributed by atoms with Gasteiger partial charge in [-0.3, -0.25) is 4.79 Å². The van der Waals surface area contributed by atoms with Crippen molar-refractivity contribution in [1.29, 1.82) is 0 Å². The monoisotopic (exact) mass is 380 g/mol. The molecule has 148 valence electrons. The van der Waals surface area contributed by atoms with E-state index in [1.165, 1.54) is 11.3 Å². The fourth-order valence-corrected chi connectivity index (χ4v) is 4.52. The van der Waals surface area contributed by atoms with Gasteiger partial charge in [0.2, 0.25) is 5.91 Å². The standard InChI is InChI=1S/C23H28N2O3/c1-27-18-11-12-22(28-2)19(15-18)21-10-6-14-25(21)23(26)16-24-13-5-8-17-7-3-4-9-20(17)24/h3-4,7,9,11-12,15,21H,5-6,8,10,13-14,16H2,1-2H3/t21-/m0/s1. The van der Waals surface area contributed by atoms with Crippen LogP contribution in [0, 0.1) is 0 Å². The van der Waals surface area contributed by atoms with Gasteiger partial charge >= 0.3 is 0 Å². The van der Waals surface area contributed by atoms with Crippen molar-refractivity contribution in [3.63, 3.8) is 0 Å². The number of likely N-dealkylation sites (tertiary alicyclic amines) is 1. The summed E-state index contributed by atoms with van der Waals surface area (Å²) in [5.41, 5.74) is 3.58. The first-order valence-electron chi connectivity index (χ1n) is 10.1. The zero-order valence-corrected chi connectivity index (χ0v) is 16.7. The van der Waals surface area contributed by atoms with Gasteiger partial charge in [0, 0.05) is 24.3 Å². The third-order valence-electron chi connectivity index (χ3n) is 5.90. The molecule has 0 N–H and O–H groups in total. The van der Waals surface area contributed by atoms with E-state index in [2.05, 4.69) is 29.2 Å². The number of amides is 1. The van der Waals surface area contributed by atoms with E-state index in [-0.39, 0.29) is 11.9 Å². The number of carbonyl (C=O) groups excluding carboxylic acids is 1. The summed E-state index contributed by atoms with van der Waals surface area (Å²) < 4.78 is 11.0. The predicted molar refractivity (Wildman–Crippen MR) is 110 cm³/mol. The summed E-state index contributed by atoms with van der Waals surface area (Å²) in [5, 5.41) is 0. The number of nitrogens with zero attached hydrogens (tertiary/aromatic N) is 2. The summed E-state index contributed by atoms with van der Waals surface area (Å²) in [6.45, 7) is 2.16.